The molecule has 1 aromatic carbocycles. The van der Waals surface area contributed by atoms with Crippen molar-refractivity contribution in [1.29, 1.82) is 0 Å². The summed E-state index contributed by atoms with van der Waals surface area (Å²) in [6.45, 7) is 3.03. The van der Waals surface area contributed by atoms with E-state index >= 15 is 0 Å². The van der Waals surface area contributed by atoms with Crippen LogP contribution in [-0.2, 0) is 4.79 Å². The number of benzene rings is 1. The van der Waals surface area contributed by atoms with Crippen molar-refractivity contribution >= 4 is 35.2 Å². The number of carbonyl (C=O) groups is 3. The standard InChI is InChI=1S/C21H25N5O6S/c1-14-12-18(32-23-14)21(29)25-9-7-24(8-10-25)20(28)17(6-11-33-2)22-19(27)15-4-3-5-16(13-15)26(30)31/h3-5,12-13,17H,6-11H2,1-2H3,(H,22,27). The smallest absolute Gasteiger partial charge is 0.292 e. The molecule has 1 aliphatic rings. The number of non-ortho nitro benzene ring substituents is 1. The van der Waals surface area contributed by atoms with Gasteiger partial charge in [0, 0.05) is 49.9 Å². The van der Waals surface area contributed by atoms with Crippen LogP contribution in [0.3, 0.4) is 0 Å². The SMILES string of the molecule is CSCCC(NC(=O)c1cccc([N+](=O)[O-])c1)C(=O)N1CCN(C(=O)c2cc(C)no2)CC1. The Labute approximate surface area is 194 Å². The molecule has 1 atom stereocenters. The number of piperazine rings is 1. The van der Waals surface area contributed by atoms with Gasteiger partial charge in [0.25, 0.3) is 17.5 Å². The lowest BCUT2D eigenvalue weighted by atomic mass is 10.1. The molecule has 176 valence electrons. The van der Waals surface area contributed by atoms with Crippen molar-refractivity contribution in [2.45, 2.75) is 19.4 Å². The molecule has 0 bridgehead atoms. The van der Waals surface area contributed by atoms with Gasteiger partial charge in [-0.3, -0.25) is 24.5 Å². The highest BCUT2D eigenvalue weighted by Crippen LogP contribution is 2.15. The first-order chi connectivity index (χ1) is 15.8. The Bertz CT molecular complexity index is 1030. The van der Waals surface area contributed by atoms with Crippen LogP contribution in [0, 0.1) is 17.0 Å². The molecule has 3 rings (SSSR count). The van der Waals surface area contributed by atoms with Gasteiger partial charge in [-0.25, -0.2) is 0 Å². The quantitative estimate of drug-likeness (QED) is 0.450. The van der Waals surface area contributed by atoms with E-state index in [9.17, 15) is 24.5 Å². The first kappa shape index (κ1) is 24.2. The second-order valence-corrected chi connectivity index (χ2v) is 8.55. The fourth-order valence-electron chi connectivity index (χ4n) is 3.47. The number of nitro benzene ring substituents is 1. The minimum Gasteiger partial charge on any atom is -0.351 e. The minimum atomic E-state index is -0.775. The van der Waals surface area contributed by atoms with Gasteiger partial charge >= 0.3 is 0 Å². The molecule has 3 amide bonds. The number of hydrogen-bond donors (Lipinski definition) is 1. The largest absolute Gasteiger partial charge is 0.351 e. The number of nitrogens with one attached hydrogen (secondary N) is 1. The highest BCUT2D eigenvalue weighted by Gasteiger charge is 2.31. The molecule has 1 aliphatic heterocycles. The summed E-state index contributed by atoms with van der Waals surface area (Å²) in [4.78, 5) is 52.0. The number of thioether (sulfide) groups is 1. The second kappa shape index (κ2) is 10.9. The van der Waals surface area contributed by atoms with Crippen molar-refractivity contribution in [2.75, 3.05) is 38.2 Å². The monoisotopic (exact) mass is 475 g/mol. The maximum atomic E-state index is 13.2. The normalized spacial score (nSPS) is 14.6. The first-order valence-corrected chi connectivity index (χ1v) is 11.7. The minimum absolute atomic E-state index is 0.115. The van der Waals surface area contributed by atoms with Gasteiger partial charge in [-0.2, -0.15) is 11.8 Å². The molecule has 0 aliphatic carbocycles. The van der Waals surface area contributed by atoms with Crippen molar-refractivity contribution in [3.05, 3.63) is 57.5 Å². The van der Waals surface area contributed by atoms with Gasteiger partial charge in [0.15, 0.2) is 0 Å². The molecule has 0 saturated carbocycles. The molecule has 1 unspecified atom stereocenters. The van der Waals surface area contributed by atoms with Crippen molar-refractivity contribution < 1.29 is 23.8 Å². The van der Waals surface area contributed by atoms with Crippen LogP contribution in [0.4, 0.5) is 5.69 Å². The van der Waals surface area contributed by atoms with Gasteiger partial charge in [-0.1, -0.05) is 11.2 Å². The summed E-state index contributed by atoms with van der Waals surface area (Å²) >= 11 is 1.55. The van der Waals surface area contributed by atoms with Crippen LogP contribution in [-0.4, -0.2) is 81.8 Å². The van der Waals surface area contributed by atoms with E-state index in [1.165, 1.54) is 24.3 Å². The molecule has 2 aromatic rings. The predicted octanol–water partition coefficient (Wildman–Crippen LogP) is 1.73. The zero-order valence-corrected chi connectivity index (χ0v) is 19.2. The Morgan fingerprint density at radius 1 is 1.21 bits per heavy atom. The number of rotatable bonds is 8. The summed E-state index contributed by atoms with van der Waals surface area (Å²) in [5.74, 6) is -0.261. The molecular weight excluding hydrogens is 450 g/mol. The molecule has 1 fully saturated rings. The highest BCUT2D eigenvalue weighted by atomic mass is 32.2. The van der Waals surface area contributed by atoms with Crippen LogP contribution < -0.4 is 5.32 Å². The number of hydrogen-bond acceptors (Lipinski definition) is 8. The Balaban J connectivity index is 1.63. The molecule has 0 spiro atoms. The van der Waals surface area contributed by atoms with Crippen LogP contribution in [0.5, 0.6) is 0 Å². The number of aryl methyl sites for hydroxylation is 1. The van der Waals surface area contributed by atoms with E-state index in [4.69, 9.17) is 4.52 Å². The lowest BCUT2D eigenvalue weighted by molar-refractivity contribution is -0.384. The molecule has 1 N–H and O–H groups in total. The van der Waals surface area contributed by atoms with Crippen LogP contribution in [0.1, 0.15) is 33.0 Å². The van der Waals surface area contributed by atoms with Crippen LogP contribution in [0.15, 0.2) is 34.9 Å². The third-order valence-corrected chi connectivity index (χ3v) is 5.89. The Kier molecular flexibility index (Phi) is 8.04. The summed E-state index contributed by atoms with van der Waals surface area (Å²) in [5.41, 5.74) is 0.532. The maximum absolute atomic E-state index is 13.2. The molecule has 0 radical (unpaired) electrons. The lowest BCUT2D eigenvalue weighted by Crippen LogP contribution is -2.56. The van der Waals surface area contributed by atoms with Crippen LogP contribution >= 0.6 is 11.8 Å². The van der Waals surface area contributed by atoms with E-state index < -0.39 is 16.9 Å². The van der Waals surface area contributed by atoms with E-state index in [1.807, 2.05) is 6.26 Å². The first-order valence-electron chi connectivity index (χ1n) is 10.4. The third-order valence-electron chi connectivity index (χ3n) is 5.25. The van der Waals surface area contributed by atoms with Gasteiger partial charge in [-0.15, -0.1) is 0 Å². The number of nitrogens with zero attached hydrogens (tertiary/aromatic N) is 4. The van der Waals surface area contributed by atoms with Crippen molar-refractivity contribution in [3.8, 4) is 0 Å². The summed E-state index contributed by atoms with van der Waals surface area (Å²) < 4.78 is 5.03. The summed E-state index contributed by atoms with van der Waals surface area (Å²) in [5, 5.41) is 17.4. The zero-order chi connectivity index (χ0) is 24.0. The maximum Gasteiger partial charge on any atom is 0.292 e. The number of aromatic nitrogens is 1. The molecule has 33 heavy (non-hydrogen) atoms. The number of amides is 3. The van der Waals surface area contributed by atoms with Gasteiger partial charge in [0.05, 0.1) is 10.6 Å². The molecule has 12 heteroatoms. The molecular formula is C21H25N5O6S. The number of nitro groups is 1. The van der Waals surface area contributed by atoms with Gasteiger partial charge in [0.2, 0.25) is 11.7 Å². The van der Waals surface area contributed by atoms with Crippen molar-refractivity contribution in [3.63, 3.8) is 0 Å². The van der Waals surface area contributed by atoms with E-state index in [0.717, 1.165) is 0 Å². The van der Waals surface area contributed by atoms with E-state index in [2.05, 4.69) is 10.5 Å². The molecule has 1 saturated heterocycles. The molecule has 2 heterocycles. The predicted molar refractivity (Wildman–Crippen MR) is 121 cm³/mol. The summed E-state index contributed by atoms with van der Waals surface area (Å²) in [7, 11) is 0. The van der Waals surface area contributed by atoms with E-state index in [0.29, 0.717) is 44.0 Å². The van der Waals surface area contributed by atoms with Gasteiger partial charge < -0.3 is 19.6 Å². The average molecular weight is 476 g/mol. The molecule has 11 nitrogen and oxygen atoms in total. The topological polar surface area (TPSA) is 139 Å². The third kappa shape index (κ3) is 6.09. The fraction of sp³-hybridized carbons (Fsp3) is 0.429. The average Bonchev–Trinajstić information content (AvgIpc) is 3.27. The lowest BCUT2D eigenvalue weighted by Gasteiger charge is -2.36. The van der Waals surface area contributed by atoms with Crippen LogP contribution in [0.25, 0.3) is 0 Å². The van der Waals surface area contributed by atoms with E-state index in [-0.39, 0.29) is 28.8 Å². The van der Waals surface area contributed by atoms with Gasteiger partial charge in [0.1, 0.15) is 6.04 Å². The summed E-state index contributed by atoms with van der Waals surface area (Å²) in [6.07, 6.45) is 2.32. The second-order valence-electron chi connectivity index (χ2n) is 7.56. The number of carbonyl (C=O) groups excluding carboxylic acids is 3. The Morgan fingerprint density at radius 2 is 1.91 bits per heavy atom. The van der Waals surface area contributed by atoms with Crippen LogP contribution in [0.2, 0.25) is 0 Å². The summed E-state index contributed by atoms with van der Waals surface area (Å²) in [6, 6.07) is 6.17. The fourth-order valence-corrected chi connectivity index (χ4v) is 3.94. The molecule has 1 aromatic heterocycles. The highest BCUT2D eigenvalue weighted by molar-refractivity contribution is 7.98. The van der Waals surface area contributed by atoms with Crippen molar-refractivity contribution in [1.82, 2.24) is 20.3 Å². The zero-order valence-electron chi connectivity index (χ0n) is 18.4. The Hall–Kier alpha value is -3.41. The Morgan fingerprint density at radius 3 is 2.52 bits per heavy atom. The van der Waals surface area contributed by atoms with Crippen molar-refractivity contribution in [2.24, 2.45) is 0 Å². The van der Waals surface area contributed by atoms with Gasteiger partial charge in [-0.05, 0) is 31.4 Å². The van der Waals surface area contributed by atoms with E-state index in [1.54, 1.807) is 34.6 Å².